The summed E-state index contributed by atoms with van der Waals surface area (Å²) < 4.78 is 7.27. The van der Waals surface area contributed by atoms with E-state index < -0.39 is 11.5 Å². The van der Waals surface area contributed by atoms with E-state index in [4.69, 9.17) is 4.74 Å². The summed E-state index contributed by atoms with van der Waals surface area (Å²) in [5.41, 5.74) is 2.06. The Balaban J connectivity index is 1.82. The van der Waals surface area contributed by atoms with Gasteiger partial charge in [-0.3, -0.25) is 14.0 Å². The van der Waals surface area contributed by atoms with Crippen LogP contribution in [0.3, 0.4) is 0 Å². The monoisotopic (exact) mass is 436 g/mol. The molecular weight excluding hydrogens is 416 g/mol. The van der Waals surface area contributed by atoms with E-state index in [9.17, 15) is 14.9 Å². The van der Waals surface area contributed by atoms with Crippen LogP contribution in [-0.4, -0.2) is 15.3 Å². The fourth-order valence-corrected chi connectivity index (χ4v) is 3.27. The number of carbonyl (C=O) groups excluding carboxylic acids is 1. The molecule has 0 aliphatic heterocycles. The third-order valence-electron chi connectivity index (χ3n) is 4.99. The number of amides is 1. The molecule has 0 fully saturated rings. The van der Waals surface area contributed by atoms with Gasteiger partial charge in [0.05, 0.1) is 0 Å². The van der Waals surface area contributed by atoms with E-state index in [1.54, 1.807) is 48.7 Å². The zero-order valence-electron chi connectivity index (χ0n) is 18.1. The summed E-state index contributed by atoms with van der Waals surface area (Å²) >= 11 is 0. The predicted molar refractivity (Wildman–Crippen MR) is 126 cm³/mol. The van der Waals surface area contributed by atoms with E-state index in [1.807, 2.05) is 44.2 Å². The lowest BCUT2D eigenvalue weighted by Gasteiger charge is -2.11. The maximum atomic E-state index is 13.3. The van der Waals surface area contributed by atoms with Crippen molar-refractivity contribution in [2.75, 3.05) is 5.32 Å². The summed E-state index contributed by atoms with van der Waals surface area (Å²) in [5.74, 6) is -0.140. The molecule has 7 nitrogen and oxygen atoms in total. The molecule has 0 aliphatic carbocycles. The Morgan fingerprint density at radius 2 is 1.88 bits per heavy atom. The van der Waals surface area contributed by atoms with E-state index in [1.165, 1.54) is 10.5 Å². The smallest absolute Gasteiger partial charge is 0.269 e. The SMILES string of the molecule is Cc1cccc(Oc2nc3ccccn3c(=O)c2/C=C(/C#N)C(=O)Nc2ccccc2C)c1. The summed E-state index contributed by atoms with van der Waals surface area (Å²) in [4.78, 5) is 30.5. The predicted octanol–water partition coefficient (Wildman–Crippen LogP) is 4.65. The number of hydrogen-bond acceptors (Lipinski definition) is 5. The number of aromatic nitrogens is 2. The number of benzene rings is 2. The lowest BCUT2D eigenvalue weighted by molar-refractivity contribution is -0.112. The standard InChI is InChI=1S/C26H20N4O3/c1-17-8-7-10-20(14-17)33-25-21(26(32)30-13-6-5-12-23(30)29-25)15-19(16-27)24(31)28-22-11-4-3-9-18(22)2/h3-15H,1-2H3,(H,28,31)/b19-15-. The van der Waals surface area contributed by atoms with Crippen molar-refractivity contribution in [3.63, 3.8) is 0 Å². The van der Waals surface area contributed by atoms with Gasteiger partial charge in [0.15, 0.2) is 0 Å². The second-order valence-corrected chi connectivity index (χ2v) is 7.42. The maximum Gasteiger partial charge on any atom is 0.269 e. The fourth-order valence-electron chi connectivity index (χ4n) is 3.27. The molecule has 0 saturated carbocycles. The van der Waals surface area contributed by atoms with E-state index in [0.29, 0.717) is 17.1 Å². The van der Waals surface area contributed by atoms with Crippen molar-refractivity contribution in [2.45, 2.75) is 13.8 Å². The molecule has 33 heavy (non-hydrogen) atoms. The third kappa shape index (κ3) is 4.65. The highest BCUT2D eigenvalue weighted by atomic mass is 16.5. The molecule has 0 radical (unpaired) electrons. The highest BCUT2D eigenvalue weighted by Crippen LogP contribution is 2.25. The van der Waals surface area contributed by atoms with Gasteiger partial charge in [-0.2, -0.15) is 10.2 Å². The molecule has 162 valence electrons. The minimum atomic E-state index is -0.633. The van der Waals surface area contributed by atoms with Crippen LogP contribution >= 0.6 is 0 Å². The van der Waals surface area contributed by atoms with Gasteiger partial charge in [0.25, 0.3) is 11.5 Å². The zero-order valence-corrected chi connectivity index (χ0v) is 18.1. The van der Waals surface area contributed by atoms with Gasteiger partial charge in [-0.1, -0.05) is 36.4 Å². The topological polar surface area (TPSA) is 96.5 Å². The van der Waals surface area contributed by atoms with Crippen molar-refractivity contribution >= 4 is 23.3 Å². The van der Waals surface area contributed by atoms with Gasteiger partial charge in [-0.25, -0.2) is 0 Å². The largest absolute Gasteiger partial charge is 0.438 e. The van der Waals surface area contributed by atoms with Gasteiger partial charge < -0.3 is 10.1 Å². The fraction of sp³-hybridized carbons (Fsp3) is 0.0769. The number of ether oxygens (including phenoxy) is 1. The molecule has 0 bridgehead atoms. The van der Waals surface area contributed by atoms with Gasteiger partial charge in [0, 0.05) is 11.9 Å². The van der Waals surface area contributed by atoms with Crippen molar-refractivity contribution in [3.05, 3.63) is 106 Å². The highest BCUT2D eigenvalue weighted by Gasteiger charge is 2.18. The Bertz CT molecular complexity index is 1500. The van der Waals surface area contributed by atoms with E-state index in [0.717, 1.165) is 11.1 Å². The molecule has 0 unspecified atom stereocenters. The van der Waals surface area contributed by atoms with E-state index >= 15 is 0 Å². The highest BCUT2D eigenvalue weighted by molar-refractivity contribution is 6.10. The molecule has 2 aromatic carbocycles. The number of carbonyl (C=O) groups is 1. The van der Waals surface area contributed by atoms with Gasteiger partial charge >= 0.3 is 0 Å². The summed E-state index contributed by atoms with van der Waals surface area (Å²) in [5, 5.41) is 12.4. The average Bonchev–Trinajstić information content (AvgIpc) is 2.80. The van der Waals surface area contributed by atoms with Crippen molar-refractivity contribution < 1.29 is 9.53 Å². The lowest BCUT2D eigenvalue weighted by atomic mass is 10.1. The Labute approximate surface area is 190 Å². The molecule has 2 aromatic heterocycles. The van der Waals surface area contributed by atoms with Crippen molar-refractivity contribution in [3.8, 4) is 17.7 Å². The molecule has 1 N–H and O–H groups in total. The third-order valence-corrected chi connectivity index (χ3v) is 4.99. The van der Waals surface area contributed by atoms with Gasteiger partial charge in [-0.05, 0) is 61.4 Å². The first-order valence-electron chi connectivity index (χ1n) is 10.2. The number of para-hydroxylation sites is 1. The molecule has 4 aromatic rings. The number of anilines is 1. The number of nitriles is 1. The average molecular weight is 436 g/mol. The molecule has 1 amide bonds. The number of aryl methyl sites for hydroxylation is 2. The molecule has 0 spiro atoms. The Hall–Kier alpha value is -4.70. The van der Waals surface area contributed by atoms with Crippen molar-refractivity contribution in [2.24, 2.45) is 0 Å². The second-order valence-electron chi connectivity index (χ2n) is 7.42. The van der Waals surface area contributed by atoms with Crippen LogP contribution in [0.2, 0.25) is 0 Å². The first kappa shape index (κ1) is 21.5. The Kier molecular flexibility index (Phi) is 6.00. The van der Waals surface area contributed by atoms with Crippen LogP contribution in [0.5, 0.6) is 11.6 Å². The normalized spacial score (nSPS) is 11.1. The van der Waals surface area contributed by atoms with Gasteiger partial charge in [0.2, 0.25) is 5.88 Å². The minimum absolute atomic E-state index is 0.00307. The molecule has 2 heterocycles. The van der Waals surface area contributed by atoms with Crippen molar-refractivity contribution in [1.82, 2.24) is 9.38 Å². The maximum absolute atomic E-state index is 13.3. The number of nitrogens with zero attached hydrogens (tertiary/aromatic N) is 3. The zero-order chi connectivity index (χ0) is 23.4. The summed E-state index contributed by atoms with van der Waals surface area (Å²) in [6, 6.07) is 21.5. The molecule has 0 saturated heterocycles. The molecule has 0 aliphatic rings. The summed E-state index contributed by atoms with van der Waals surface area (Å²) in [7, 11) is 0. The van der Waals surface area contributed by atoms with Gasteiger partial charge in [0.1, 0.15) is 28.6 Å². The second kappa shape index (κ2) is 9.20. The van der Waals surface area contributed by atoms with Crippen LogP contribution in [0, 0.1) is 25.2 Å². The Morgan fingerprint density at radius 3 is 2.64 bits per heavy atom. The van der Waals surface area contributed by atoms with E-state index in [2.05, 4.69) is 10.3 Å². The number of pyridine rings is 1. The lowest BCUT2D eigenvalue weighted by Crippen LogP contribution is -2.20. The van der Waals surface area contributed by atoms with E-state index in [-0.39, 0.29) is 17.0 Å². The first-order chi connectivity index (χ1) is 16.0. The number of hydrogen-bond donors (Lipinski definition) is 1. The quantitative estimate of drug-likeness (QED) is 0.363. The van der Waals surface area contributed by atoms with Crippen LogP contribution in [-0.2, 0) is 4.79 Å². The molecular formula is C26H20N4O3. The van der Waals surface area contributed by atoms with Crippen LogP contribution in [0.4, 0.5) is 5.69 Å². The van der Waals surface area contributed by atoms with Crippen LogP contribution < -0.4 is 15.6 Å². The van der Waals surface area contributed by atoms with Gasteiger partial charge in [-0.15, -0.1) is 0 Å². The minimum Gasteiger partial charge on any atom is -0.438 e. The molecule has 4 rings (SSSR count). The Morgan fingerprint density at radius 1 is 1.09 bits per heavy atom. The van der Waals surface area contributed by atoms with Crippen LogP contribution in [0.1, 0.15) is 16.7 Å². The van der Waals surface area contributed by atoms with Crippen molar-refractivity contribution in [1.29, 1.82) is 5.26 Å². The summed E-state index contributed by atoms with van der Waals surface area (Å²) in [6.45, 7) is 3.76. The number of rotatable bonds is 5. The van der Waals surface area contributed by atoms with Crippen LogP contribution in [0.25, 0.3) is 11.7 Å². The molecule has 7 heteroatoms. The number of fused-ring (bicyclic) bond motifs is 1. The van der Waals surface area contributed by atoms with Crippen LogP contribution in [0.15, 0.2) is 83.3 Å². The summed E-state index contributed by atoms with van der Waals surface area (Å²) in [6.07, 6.45) is 2.78. The first-order valence-corrected chi connectivity index (χ1v) is 10.2. The number of nitrogens with one attached hydrogen (secondary N) is 1. The molecule has 0 atom stereocenters.